The average molecular weight is 318 g/mol. The third kappa shape index (κ3) is 4.51. The molecule has 124 valence electrons. The van der Waals surface area contributed by atoms with Crippen LogP contribution in [0.3, 0.4) is 0 Å². The lowest BCUT2D eigenvalue weighted by molar-refractivity contribution is -0.129. The Hall–Kier alpha value is -2.44. The molecule has 7 heteroatoms. The molecule has 1 aliphatic rings. The number of hydrogen-bond donors (Lipinski definition) is 2. The highest BCUT2D eigenvalue weighted by molar-refractivity contribution is 5.92. The molecule has 0 bridgehead atoms. The number of nitrogens with zero attached hydrogens (tertiary/aromatic N) is 2. The summed E-state index contributed by atoms with van der Waals surface area (Å²) in [5.41, 5.74) is 0.341. The fourth-order valence-electron chi connectivity index (χ4n) is 2.50. The largest absolute Gasteiger partial charge is 0.354 e. The van der Waals surface area contributed by atoms with E-state index in [4.69, 9.17) is 0 Å². The van der Waals surface area contributed by atoms with E-state index in [9.17, 15) is 14.4 Å². The van der Waals surface area contributed by atoms with Crippen molar-refractivity contribution in [2.75, 3.05) is 19.6 Å². The molecule has 0 saturated carbocycles. The smallest absolute Gasteiger partial charge is 0.269 e. The molecule has 23 heavy (non-hydrogen) atoms. The molecule has 0 aromatic carbocycles. The molecular formula is C16H22N4O3. The molecule has 0 radical (unpaired) electrons. The molecule has 1 aromatic rings. The van der Waals surface area contributed by atoms with Gasteiger partial charge in [0.15, 0.2) is 0 Å². The molecule has 2 heterocycles. The summed E-state index contributed by atoms with van der Waals surface area (Å²) in [6, 6.07) is 5.21. The van der Waals surface area contributed by atoms with Gasteiger partial charge >= 0.3 is 0 Å². The Labute approximate surface area is 135 Å². The van der Waals surface area contributed by atoms with E-state index >= 15 is 0 Å². The topological polar surface area (TPSA) is 91.4 Å². The molecule has 1 aromatic heterocycles. The molecule has 7 nitrogen and oxygen atoms in total. The Bertz CT molecular complexity index is 574. The number of pyridine rings is 1. The number of hydrogen-bond acceptors (Lipinski definition) is 4. The second-order valence-corrected chi connectivity index (χ2v) is 5.80. The van der Waals surface area contributed by atoms with Crippen LogP contribution in [0.4, 0.5) is 0 Å². The van der Waals surface area contributed by atoms with E-state index in [0.717, 1.165) is 0 Å². The lowest BCUT2D eigenvalue weighted by Crippen LogP contribution is -2.39. The minimum Gasteiger partial charge on any atom is -0.354 e. The van der Waals surface area contributed by atoms with Gasteiger partial charge < -0.3 is 15.5 Å². The van der Waals surface area contributed by atoms with Crippen LogP contribution in [0.1, 0.15) is 30.8 Å². The van der Waals surface area contributed by atoms with Crippen molar-refractivity contribution in [2.24, 2.45) is 5.92 Å². The minimum atomic E-state index is -0.309. The molecule has 1 aliphatic heterocycles. The number of carbonyl (C=O) groups excluding carboxylic acids is 3. The summed E-state index contributed by atoms with van der Waals surface area (Å²) in [5, 5.41) is 5.45. The van der Waals surface area contributed by atoms with Crippen LogP contribution in [-0.2, 0) is 9.59 Å². The zero-order valence-corrected chi connectivity index (χ0v) is 13.4. The molecule has 1 atom stereocenters. The normalized spacial score (nSPS) is 17.4. The number of carbonyl (C=O) groups is 3. The van der Waals surface area contributed by atoms with Gasteiger partial charge in [-0.15, -0.1) is 0 Å². The van der Waals surface area contributed by atoms with Gasteiger partial charge in [0.1, 0.15) is 5.69 Å². The SMILES string of the molecule is CC(C)N1CC(C(=O)NCCNC(=O)c2ccccn2)CC1=O. The van der Waals surface area contributed by atoms with Crippen LogP contribution in [-0.4, -0.2) is 53.3 Å². The first kappa shape index (κ1) is 16.9. The highest BCUT2D eigenvalue weighted by Crippen LogP contribution is 2.19. The van der Waals surface area contributed by atoms with Gasteiger partial charge in [-0.25, -0.2) is 0 Å². The Balaban J connectivity index is 1.70. The van der Waals surface area contributed by atoms with Crippen molar-refractivity contribution < 1.29 is 14.4 Å². The van der Waals surface area contributed by atoms with Crippen molar-refractivity contribution >= 4 is 17.7 Å². The van der Waals surface area contributed by atoms with Crippen LogP contribution < -0.4 is 10.6 Å². The summed E-state index contributed by atoms with van der Waals surface area (Å²) in [7, 11) is 0. The minimum absolute atomic E-state index is 0.0172. The summed E-state index contributed by atoms with van der Waals surface area (Å²) in [4.78, 5) is 41.3. The summed E-state index contributed by atoms with van der Waals surface area (Å²) < 4.78 is 0. The second-order valence-electron chi connectivity index (χ2n) is 5.80. The van der Waals surface area contributed by atoms with Crippen molar-refractivity contribution in [3.8, 4) is 0 Å². The molecule has 1 saturated heterocycles. The maximum atomic E-state index is 12.1. The summed E-state index contributed by atoms with van der Waals surface area (Å²) in [6.07, 6.45) is 1.80. The van der Waals surface area contributed by atoms with Crippen LogP contribution >= 0.6 is 0 Å². The highest BCUT2D eigenvalue weighted by Gasteiger charge is 2.35. The van der Waals surface area contributed by atoms with Crippen LogP contribution in [0.15, 0.2) is 24.4 Å². The molecule has 1 unspecified atom stereocenters. The van der Waals surface area contributed by atoms with Crippen LogP contribution in [0, 0.1) is 5.92 Å². The van der Waals surface area contributed by atoms with Crippen molar-refractivity contribution in [1.82, 2.24) is 20.5 Å². The van der Waals surface area contributed by atoms with Gasteiger partial charge in [-0.2, -0.15) is 0 Å². The van der Waals surface area contributed by atoms with Gasteiger partial charge in [0.2, 0.25) is 11.8 Å². The van der Waals surface area contributed by atoms with E-state index in [0.29, 0.717) is 25.3 Å². The number of amides is 3. The van der Waals surface area contributed by atoms with Crippen LogP contribution in [0.2, 0.25) is 0 Å². The first-order chi connectivity index (χ1) is 11.0. The van der Waals surface area contributed by atoms with Crippen LogP contribution in [0.5, 0.6) is 0 Å². The second kappa shape index (κ2) is 7.71. The Morgan fingerprint density at radius 2 is 2.04 bits per heavy atom. The monoisotopic (exact) mass is 318 g/mol. The fraction of sp³-hybridized carbons (Fsp3) is 0.500. The number of nitrogens with one attached hydrogen (secondary N) is 2. The van der Waals surface area contributed by atoms with E-state index in [1.54, 1.807) is 29.3 Å². The highest BCUT2D eigenvalue weighted by atomic mass is 16.2. The molecule has 2 N–H and O–H groups in total. The van der Waals surface area contributed by atoms with Gasteiger partial charge in [0.25, 0.3) is 5.91 Å². The van der Waals surface area contributed by atoms with Gasteiger partial charge in [-0.1, -0.05) is 6.07 Å². The van der Waals surface area contributed by atoms with Crippen molar-refractivity contribution in [3.63, 3.8) is 0 Å². The molecule has 0 spiro atoms. The summed E-state index contributed by atoms with van der Waals surface area (Å²) in [6.45, 7) is 4.97. The number of rotatable bonds is 6. The first-order valence-electron chi connectivity index (χ1n) is 7.75. The zero-order chi connectivity index (χ0) is 16.8. The molecule has 0 aliphatic carbocycles. The summed E-state index contributed by atoms with van der Waals surface area (Å²) in [5.74, 6) is -0.713. The van der Waals surface area contributed by atoms with Crippen LogP contribution in [0.25, 0.3) is 0 Å². The molecule has 2 rings (SSSR count). The number of aromatic nitrogens is 1. The Morgan fingerprint density at radius 3 is 2.65 bits per heavy atom. The molecular weight excluding hydrogens is 296 g/mol. The average Bonchev–Trinajstić information content (AvgIpc) is 2.94. The maximum absolute atomic E-state index is 12.1. The van der Waals surface area contributed by atoms with Crippen molar-refractivity contribution in [2.45, 2.75) is 26.3 Å². The Morgan fingerprint density at radius 1 is 1.30 bits per heavy atom. The first-order valence-corrected chi connectivity index (χ1v) is 7.75. The van der Waals surface area contributed by atoms with Gasteiger partial charge in [-0.05, 0) is 26.0 Å². The quantitative estimate of drug-likeness (QED) is 0.732. The standard InChI is InChI=1S/C16H22N4O3/c1-11(2)20-10-12(9-14(20)21)15(22)18-7-8-19-16(23)13-5-3-4-6-17-13/h3-6,11-12H,7-10H2,1-2H3,(H,18,22)(H,19,23). The third-order valence-corrected chi connectivity index (χ3v) is 3.76. The summed E-state index contributed by atoms with van der Waals surface area (Å²) >= 11 is 0. The van der Waals surface area contributed by atoms with Gasteiger partial charge in [-0.3, -0.25) is 19.4 Å². The van der Waals surface area contributed by atoms with E-state index in [-0.39, 0.29) is 36.1 Å². The third-order valence-electron chi connectivity index (χ3n) is 3.76. The predicted octanol–water partition coefficient (Wildman–Crippen LogP) is 0.185. The van der Waals surface area contributed by atoms with Crippen molar-refractivity contribution in [1.29, 1.82) is 0 Å². The molecule has 3 amide bonds. The van der Waals surface area contributed by atoms with Gasteiger partial charge in [0, 0.05) is 38.3 Å². The number of likely N-dealkylation sites (tertiary alicyclic amines) is 1. The van der Waals surface area contributed by atoms with E-state index in [1.807, 2.05) is 13.8 Å². The maximum Gasteiger partial charge on any atom is 0.269 e. The lowest BCUT2D eigenvalue weighted by Gasteiger charge is -2.20. The van der Waals surface area contributed by atoms with E-state index in [2.05, 4.69) is 15.6 Å². The van der Waals surface area contributed by atoms with Crippen molar-refractivity contribution in [3.05, 3.63) is 30.1 Å². The van der Waals surface area contributed by atoms with E-state index in [1.165, 1.54) is 0 Å². The predicted molar refractivity (Wildman–Crippen MR) is 84.5 cm³/mol. The lowest BCUT2D eigenvalue weighted by atomic mass is 10.1. The van der Waals surface area contributed by atoms with Gasteiger partial charge in [0.05, 0.1) is 5.92 Å². The Kier molecular flexibility index (Phi) is 5.67. The fourth-order valence-corrected chi connectivity index (χ4v) is 2.50. The zero-order valence-electron chi connectivity index (χ0n) is 13.4. The van der Waals surface area contributed by atoms with E-state index < -0.39 is 0 Å². The molecule has 1 fully saturated rings.